The van der Waals surface area contributed by atoms with Crippen LogP contribution in [0.2, 0.25) is 0 Å². The molecule has 3 rings (SSSR count). The lowest BCUT2D eigenvalue weighted by molar-refractivity contribution is 0.379. The molecule has 0 saturated carbocycles. The van der Waals surface area contributed by atoms with E-state index in [-0.39, 0.29) is 6.07 Å². The molecule has 0 aliphatic heterocycles. The fraction of sp³-hybridized carbons (Fsp3) is 0. The first kappa shape index (κ1) is 23.5. The fourth-order valence-electron chi connectivity index (χ4n) is 2.72. The molecule has 0 aliphatic carbocycles. The summed E-state index contributed by atoms with van der Waals surface area (Å²) in [7, 11) is -0.439. The summed E-state index contributed by atoms with van der Waals surface area (Å²) in [5, 5.41) is 0. The average Bonchev–Trinajstić information content (AvgIpc) is 2.76. The molecule has 14 heteroatoms. The van der Waals surface area contributed by atoms with Crippen molar-refractivity contribution in [3.63, 3.8) is 0 Å². The summed E-state index contributed by atoms with van der Waals surface area (Å²) in [5.41, 5.74) is -8.48. The maximum Gasteiger partial charge on any atom is 0.200 e. The van der Waals surface area contributed by atoms with Crippen LogP contribution in [-0.2, 0) is 0 Å². The fourth-order valence-corrected chi connectivity index (χ4v) is 2.72. The second kappa shape index (κ2) is 8.06. The van der Waals surface area contributed by atoms with Crippen molar-refractivity contribution in [3.05, 3.63) is 81.7 Å². The van der Waals surface area contributed by atoms with E-state index in [2.05, 4.69) is 0 Å². The van der Waals surface area contributed by atoms with Gasteiger partial charge in [-0.2, -0.15) is 5.46 Å². The molecule has 0 saturated heterocycles. The lowest BCUT2D eigenvalue weighted by atomic mass is 9.60. The SMILES string of the molecule is Fc1cc(F)c(F)c([B-]c2c(F)c(F)c(F)c(F)c2-c2c(F)c(F)c(F)c(F)c2F)c1F. The van der Waals surface area contributed by atoms with Crippen molar-refractivity contribution < 1.29 is 57.1 Å². The highest BCUT2D eigenvalue weighted by Gasteiger charge is 2.31. The Morgan fingerprint density at radius 2 is 0.688 bits per heavy atom. The largest absolute Gasteiger partial charge is 0.245 e. The topological polar surface area (TPSA) is 0 Å². The Labute approximate surface area is 169 Å². The van der Waals surface area contributed by atoms with Crippen LogP contribution in [0.15, 0.2) is 6.07 Å². The number of hydrogen-bond acceptors (Lipinski definition) is 0. The van der Waals surface area contributed by atoms with Crippen molar-refractivity contribution >= 4 is 18.2 Å². The van der Waals surface area contributed by atoms with E-state index >= 15 is 0 Å². The predicted molar refractivity (Wildman–Crippen MR) is 82.8 cm³/mol. The highest BCUT2D eigenvalue weighted by atomic mass is 19.2. The van der Waals surface area contributed by atoms with Gasteiger partial charge in [0.2, 0.25) is 5.82 Å². The molecule has 3 aromatic carbocycles. The third-order valence-electron chi connectivity index (χ3n) is 4.20. The number of halogens is 13. The maximum absolute atomic E-state index is 14.4. The molecule has 0 N–H and O–H groups in total. The summed E-state index contributed by atoms with van der Waals surface area (Å²) < 4.78 is 179. The molecule has 0 heterocycles. The molecule has 3 aromatic rings. The molecule has 0 aromatic heterocycles. The Bertz CT molecular complexity index is 1230. The lowest BCUT2D eigenvalue weighted by Crippen LogP contribution is -2.38. The van der Waals surface area contributed by atoms with Crippen LogP contribution >= 0.6 is 0 Å². The normalized spacial score (nSPS) is 11.4. The van der Waals surface area contributed by atoms with Crippen molar-refractivity contribution in [2.75, 3.05) is 0 Å². The minimum atomic E-state index is -2.80. The Morgan fingerprint density at radius 3 is 1.12 bits per heavy atom. The second-order valence-electron chi connectivity index (χ2n) is 6.02. The highest BCUT2D eigenvalue weighted by molar-refractivity contribution is 6.69. The zero-order chi connectivity index (χ0) is 24.2. The molecule has 0 amide bonds. The molecule has 0 aliphatic rings. The van der Waals surface area contributed by atoms with Crippen LogP contribution in [0.3, 0.4) is 0 Å². The Kier molecular flexibility index (Phi) is 5.91. The number of hydrogen-bond donors (Lipinski definition) is 0. The molecule has 0 spiro atoms. The van der Waals surface area contributed by atoms with E-state index in [9.17, 15) is 57.1 Å². The second-order valence-corrected chi connectivity index (χ2v) is 6.02. The minimum absolute atomic E-state index is 0.324. The Balaban J connectivity index is 2.48. The van der Waals surface area contributed by atoms with Crippen molar-refractivity contribution in [1.82, 2.24) is 0 Å². The monoisotopic (exact) mass is 475 g/mol. The van der Waals surface area contributed by atoms with Gasteiger partial charge in [0.05, 0.1) is 5.56 Å². The first-order valence-electron chi connectivity index (χ1n) is 7.86. The average molecular weight is 475 g/mol. The highest BCUT2D eigenvalue weighted by Crippen LogP contribution is 2.34. The summed E-state index contributed by atoms with van der Waals surface area (Å²) in [4.78, 5) is 0. The van der Waals surface area contributed by atoms with E-state index < -0.39 is 105 Å². The molecule has 0 fully saturated rings. The van der Waals surface area contributed by atoms with E-state index in [0.29, 0.717) is 0 Å². The van der Waals surface area contributed by atoms with E-state index in [4.69, 9.17) is 0 Å². The minimum Gasteiger partial charge on any atom is -0.245 e. The van der Waals surface area contributed by atoms with Gasteiger partial charge in [-0.3, -0.25) is 0 Å². The van der Waals surface area contributed by atoms with Crippen LogP contribution in [0, 0.1) is 75.6 Å². The maximum atomic E-state index is 14.4. The third-order valence-corrected chi connectivity index (χ3v) is 4.20. The lowest BCUT2D eigenvalue weighted by Gasteiger charge is -2.26. The van der Waals surface area contributed by atoms with Gasteiger partial charge in [-0.15, -0.1) is 0 Å². The van der Waals surface area contributed by atoms with Crippen molar-refractivity contribution in [1.29, 1.82) is 0 Å². The zero-order valence-electron chi connectivity index (χ0n) is 14.6. The molecule has 2 radical (unpaired) electrons. The van der Waals surface area contributed by atoms with Crippen LogP contribution in [0.1, 0.15) is 0 Å². The quantitative estimate of drug-likeness (QED) is 0.221. The third kappa shape index (κ3) is 3.37. The van der Waals surface area contributed by atoms with Gasteiger partial charge in [0.1, 0.15) is 17.5 Å². The van der Waals surface area contributed by atoms with Crippen LogP contribution in [-0.4, -0.2) is 7.28 Å². The molecular formula is C18HBF13-. The molecule has 0 nitrogen and oxygen atoms in total. The number of rotatable bonds is 3. The van der Waals surface area contributed by atoms with Crippen LogP contribution in [0.5, 0.6) is 0 Å². The summed E-state index contributed by atoms with van der Waals surface area (Å²) in [6.45, 7) is 0. The van der Waals surface area contributed by atoms with Gasteiger partial charge >= 0.3 is 0 Å². The molecular weight excluding hydrogens is 474 g/mol. The van der Waals surface area contributed by atoms with Crippen molar-refractivity contribution in [2.24, 2.45) is 0 Å². The van der Waals surface area contributed by atoms with Crippen molar-refractivity contribution in [3.8, 4) is 11.1 Å². The van der Waals surface area contributed by atoms with Gasteiger partial charge in [0.15, 0.2) is 52.4 Å². The van der Waals surface area contributed by atoms with Gasteiger partial charge in [0.25, 0.3) is 0 Å². The molecule has 32 heavy (non-hydrogen) atoms. The van der Waals surface area contributed by atoms with Crippen LogP contribution in [0.4, 0.5) is 57.1 Å². The smallest absolute Gasteiger partial charge is 0.200 e. The first-order chi connectivity index (χ1) is 14.8. The zero-order valence-corrected chi connectivity index (χ0v) is 14.6. The van der Waals surface area contributed by atoms with Crippen molar-refractivity contribution in [2.45, 2.75) is 0 Å². The van der Waals surface area contributed by atoms with Gasteiger partial charge < -0.3 is 0 Å². The molecule has 0 unspecified atom stereocenters. The van der Waals surface area contributed by atoms with E-state index in [1.54, 1.807) is 0 Å². The Morgan fingerprint density at radius 1 is 0.344 bits per heavy atom. The summed E-state index contributed by atoms with van der Waals surface area (Å²) >= 11 is 0. The van der Waals surface area contributed by atoms with Gasteiger partial charge in [-0.25, -0.2) is 69.8 Å². The molecule has 0 bridgehead atoms. The predicted octanol–water partition coefficient (Wildman–Crippen LogP) is 4.82. The summed E-state index contributed by atoms with van der Waals surface area (Å²) in [6.07, 6.45) is 0. The molecule has 0 atom stereocenters. The van der Waals surface area contributed by atoms with Gasteiger partial charge in [-0.05, 0) is 5.56 Å². The summed E-state index contributed by atoms with van der Waals surface area (Å²) in [6, 6.07) is -0.324. The standard InChI is InChI=1S/C18HBF13/c20-2-1-3(21)9(23)7(8(2)22)19-6-4(10(24)14(28)17(31)13(6)27)5-11(25)15(29)18(32)16(30)12(5)26/h1H/q-1. The molecule has 168 valence electrons. The Hall–Kier alpha value is -3.19. The first-order valence-corrected chi connectivity index (χ1v) is 7.86. The van der Waals surface area contributed by atoms with E-state index in [1.807, 2.05) is 0 Å². The van der Waals surface area contributed by atoms with Gasteiger partial charge in [-0.1, -0.05) is 0 Å². The summed E-state index contributed by atoms with van der Waals surface area (Å²) in [5.74, 6) is -33.6. The van der Waals surface area contributed by atoms with Gasteiger partial charge in [0, 0.05) is 6.07 Å². The van der Waals surface area contributed by atoms with Crippen LogP contribution in [0.25, 0.3) is 11.1 Å². The van der Waals surface area contributed by atoms with E-state index in [0.717, 1.165) is 0 Å². The van der Waals surface area contributed by atoms with Crippen LogP contribution < -0.4 is 10.9 Å². The van der Waals surface area contributed by atoms with E-state index in [1.165, 1.54) is 0 Å². The number of benzene rings is 3.